The van der Waals surface area contributed by atoms with E-state index < -0.39 is 5.60 Å². The lowest BCUT2D eigenvalue weighted by atomic mass is 10.1. The number of aromatic nitrogens is 2. The van der Waals surface area contributed by atoms with Gasteiger partial charge in [0.25, 0.3) is 5.91 Å². The second-order valence-electron chi connectivity index (χ2n) is 8.63. The molecule has 4 rings (SSSR count). The molecule has 1 aliphatic carbocycles. The van der Waals surface area contributed by atoms with Crippen LogP contribution in [0.25, 0.3) is 5.69 Å². The van der Waals surface area contributed by atoms with E-state index in [0.29, 0.717) is 31.9 Å². The number of rotatable bonds is 2. The van der Waals surface area contributed by atoms with Gasteiger partial charge in [-0.1, -0.05) is 18.2 Å². The standard InChI is InChI=1S/C22H28N4O3/c1-22(2,3)29-21(28)25-14-12-24(13-15-25)20(27)19-17-10-7-11-18(17)26(23-19)16-8-5-4-6-9-16/h4-6,8-9H,7,10-15H2,1-3H3. The maximum Gasteiger partial charge on any atom is 0.410 e. The Morgan fingerprint density at radius 2 is 1.62 bits per heavy atom. The van der Waals surface area contributed by atoms with Crippen LogP contribution in [0.15, 0.2) is 30.3 Å². The minimum atomic E-state index is -0.519. The molecule has 1 aromatic carbocycles. The second-order valence-corrected chi connectivity index (χ2v) is 8.63. The zero-order valence-electron chi connectivity index (χ0n) is 17.4. The van der Waals surface area contributed by atoms with E-state index in [2.05, 4.69) is 0 Å². The maximum atomic E-state index is 13.2. The van der Waals surface area contributed by atoms with Crippen molar-refractivity contribution in [3.63, 3.8) is 0 Å². The van der Waals surface area contributed by atoms with Gasteiger partial charge < -0.3 is 14.5 Å². The molecular weight excluding hydrogens is 368 g/mol. The largest absolute Gasteiger partial charge is 0.444 e. The fourth-order valence-electron chi connectivity index (χ4n) is 3.96. The van der Waals surface area contributed by atoms with Crippen LogP contribution in [0.4, 0.5) is 4.79 Å². The summed E-state index contributed by atoms with van der Waals surface area (Å²) in [5.41, 5.74) is 3.25. The molecule has 7 heteroatoms. The highest BCUT2D eigenvalue weighted by Gasteiger charge is 2.32. The van der Waals surface area contributed by atoms with Crippen LogP contribution in [0, 0.1) is 0 Å². The highest BCUT2D eigenvalue weighted by Crippen LogP contribution is 2.28. The number of benzene rings is 1. The van der Waals surface area contributed by atoms with Crippen LogP contribution in [0.3, 0.4) is 0 Å². The first-order valence-corrected chi connectivity index (χ1v) is 10.3. The number of hydrogen-bond donors (Lipinski definition) is 0. The van der Waals surface area contributed by atoms with Crippen molar-refractivity contribution < 1.29 is 14.3 Å². The number of fused-ring (bicyclic) bond motifs is 1. The van der Waals surface area contributed by atoms with Crippen molar-refractivity contribution in [2.45, 2.75) is 45.6 Å². The first-order valence-electron chi connectivity index (χ1n) is 10.3. The van der Waals surface area contributed by atoms with Crippen molar-refractivity contribution in [3.05, 3.63) is 47.3 Å². The van der Waals surface area contributed by atoms with Gasteiger partial charge >= 0.3 is 6.09 Å². The Kier molecular flexibility index (Phi) is 5.06. The third-order valence-corrected chi connectivity index (χ3v) is 5.35. The summed E-state index contributed by atoms with van der Waals surface area (Å²) in [5, 5.41) is 4.70. The summed E-state index contributed by atoms with van der Waals surface area (Å²) in [6.07, 6.45) is 2.56. The van der Waals surface area contributed by atoms with E-state index in [-0.39, 0.29) is 12.0 Å². The lowest BCUT2D eigenvalue weighted by molar-refractivity contribution is 0.0140. The first-order chi connectivity index (χ1) is 13.8. The predicted octanol–water partition coefficient (Wildman–Crippen LogP) is 3.05. The third kappa shape index (κ3) is 3.99. The topological polar surface area (TPSA) is 67.7 Å². The Hall–Kier alpha value is -2.83. The minimum Gasteiger partial charge on any atom is -0.444 e. The molecule has 0 radical (unpaired) electrons. The van der Waals surface area contributed by atoms with Gasteiger partial charge in [0.05, 0.1) is 5.69 Å². The molecule has 2 amide bonds. The molecule has 0 unspecified atom stereocenters. The van der Waals surface area contributed by atoms with Crippen LogP contribution in [0.1, 0.15) is 48.9 Å². The summed E-state index contributed by atoms with van der Waals surface area (Å²) >= 11 is 0. The Morgan fingerprint density at radius 3 is 2.28 bits per heavy atom. The third-order valence-electron chi connectivity index (χ3n) is 5.35. The van der Waals surface area contributed by atoms with E-state index in [1.807, 2.05) is 55.8 Å². The van der Waals surface area contributed by atoms with Gasteiger partial charge in [-0.3, -0.25) is 4.79 Å². The van der Waals surface area contributed by atoms with E-state index in [4.69, 9.17) is 9.84 Å². The fraction of sp³-hybridized carbons (Fsp3) is 0.500. The lowest BCUT2D eigenvalue weighted by Gasteiger charge is -2.35. The van der Waals surface area contributed by atoms with Gasteiger partial charge in [-0.25, -0.2) is 9.48 Å². The summed E-state index contributed by atoms with van der Waals surface area (Å²) in [4.78, 5) is 29.0. The van der Waals surface area contributed by atoms with Crippen LogP contribution in [0.5, 0.6) is 0 Å². The molecule has 7 nitrogen and oxygen atoms in total. The van der Waals surface area contributed by atoms with Crippen molar-refractivity contribution in [2.24, 2.45) is 0 Å². The number of hydrogen-bond acceptors (Lipinski definition) is 4. The second kappa shape index (κ2) is 7.54. The molecule has 0 spiro atoms. The number of amides is 2. The fourth-order valence-corrected chi connectivity index (χ4v) is 3.96. The molecule has 0 bridgehead atoms. The van der Waals surface area contributed by atoms with Crippen LogP contribution >= 0.6 is 0 Å². The van der Waals surface area contributed by atoms with E-state index >= 15 is 0 Å². The summed E-state index contributed by atoms with van der Waals surface area (Å²) in [6, 6.07) is 9.97. The molecule has 1 aliphatic heterocycles. The molecule has 1 fully saturated rings. The molecule has 0 N–H and O–H groups in total. The zero-order chi connectivity index (χ0) is 20.6. The molecule has 0 atom stereocenters. The van der Waals surface area contributed by atoms with E-state index in [0.717, 1.165) is 36.2 Å². The number of carbonyl (C=O) groups is 2. The van der Waals surface area contributed by atoms with Crippen molar-refractivity contribution >= 4 is 12.0 Å². The van der Waals surface area contributed by atoms with E-state index in [1.54, 1.807) is 9.80 Å². The average molecular weight is 396 g/mol. The monoisotopic (exact) mass is 396 g/mol. The molecule has 1 aromatic heterocycles. The highest BCUT2D eigenvalue weighted by atomic mass is 16.6. The van der Waals surface area contributed by atoms with Gasteiger partial charge in [-0.15, -0.1) is 0 Å². The summed E-state index contributed by atoms with van der Waals surface area (Å²) in [5.74, 6) is -0.0401. The van der Waals surface area contributed by atoms with Crippen molar-refractivity contribution in [3.8, 4) is 5.69 Å². The quantitative estimate of drug-likeness (QED) is 0.782. The Bertz CT molecular complexity index is 906. The Balaban J connectivity index is 1.48. The number of nitrogens with zero attached hydrogens (tertiary/aromatic N) is 4. The van der Waals surface area contributed by atoms with Crippen LogP contribution in [0.2, 0.25) is 0 Å². The first kappa shape index (κ1) is 19.5. The normalized spacial score (nSPS) is 16.7. The molecule has 154 valence electrons. The minimum absolute atomic E-state index is 0.0401. The van der Waals surface area contributed by atoms with Gasteiger partial charge in [0, 0.05) is 37.4 Å². The zero-order valence-corrected chi connectivity index (χ0v) is 17.4. The van der Waals surface area contributed by atoms with Gasteiger partial charge in [0.2, 0.25) is 0 Å². The van der Waals surface area contributed by atoms with E-state index in [9.17, 15) is 9.59 Å². The molecule has 29 heavy (non-hydrogen) atoms. The van der Waals surface area contributed by atoms with Crippen LogP contribution in [-0.4, -0.2) is 63.4 Å². The van der Waals surface area contributed by atoms with Crippen LogP contribution in [-0.2, 0) is 17.6 Å². The summed E-state index contributed by atoms with van der Waals surface area (Å²) in [6.45, 7) is 7.50. The lowest BCUT2D eigenvalue weighted by Crippen LogP contribution is -2.51. The molecule has 0 saturated carbocycles. The number of para-hydroxylation sites is 1. The Morgan fingerprint density at radius 1 is 0.966 bits per heavy atom. The van der Waals surface area contributed by atoms with E-state index in [1.165, 1.54) is 0 Å². The highest BCUT2D eigenvalue weighted by molar-refractivity contribution is 5.94. The van der Waals surface area contributed by atoms with Gasteiger partial charge in [-0.2, -0.15) is 5.10 Å². The van der Waals surface area contributed by atoms with Gasteiger partial charge in [0.1, 0.15) is 5.60 Å². The molecule has 2 aromatic rings. The summed E-state index contributed by atoms with van der Waals surface area (Å²) < 4.78 is 7.36. The maximum absolute atomic E-state index is 13.2. The molecule has 2 heterocycles. The van der Waals surface area contributed by atoms with Crippen molar-refractivity contribution in [1.82, 2.24) is 19.6 Å². The number of ether oxygens (including phenoxy) is 1. The smallest absolute Gasteiger partial charge is 0.410 e. The van der Waals surface area contributed by atoms with Crippen molar-refractivity contribution in [2.75, 3.05) is 26.2 Å². The molecule has 2 aliphatic rings. The number of carbonyl (C=O) groups excluding carboxylic acids is 2. The Labute approximate surface area is 171 Å². The molecular formula is C22H28N4O3. The average Bonchev–Trinajstić information content (AvgIpc) is 3.29. The van der Waals surface area contributed by atoms with Gasteiger partial charge in [0.15, 0.2) is 5.69 Å². The predicted molar refractivity (Wildman–Crippen MR) is 109 cm³/mol. The molecule has 1 saturated heterocycles. The van der Waals surface area contributed by atoms with Crippen molar-refractivity contribution in [1.29, 1.82) is 0 Å². The van der Waals surface area contributed by atoms with Crippen LogP contribution < -0.4 is 0 Å². The summed E-state index contributed by atoms with van der Waals surface area (Å²) in [7, 11) is 0. The SMILES string of the molecule is CC(C)(C)OC(=O)N1CCN(C(=O)c2nn(-c3ccccc3)c3c2CCC3)CC1. The number of piperazine rings is 1. The van der Waals surface area contributed by atoms with Gasteiger partial charge in [-0.05, 0) is 52.2 Å².